The van der Waals surface area contributed by atoms with E-state index in [4.69, 9.17) is 5.73 Å². The Morgan fingerprint density at radius 2 is 1.85 bits per heavy atom. The largest absolute Gasteiger partial charge is 0.392 e. The van der Waals surface area contributed by atoms with Crippen molar-refractivity contribution in [2.75, 3.05) is 5.73 Å². The molecule has 13 heavy (non-hydrogen) atoms. The average Bonchev–Trinajstić information content (AvgIpc) is 2.02. The molecule has 0 aromatic carbocycles. The first-order valence-corrected chi connectivity index (χ1v) is 3.06. The summed E-state index contributed by atoms with van der Waals surface area (Å²) in [5.74, 6) is 0. The van der Waals surface area contributed by atoms with Gasteiger partial charge in [-0.15, -0.1) is 0 Å². The van der Waals surface area contributed by atoms with E-state index >= 15 is 0 Å². The Morgan fingerprint density at radius 1 is 1.23 bits per heavy atom. The molecular weight excluding hydrogens is 180 g/mol. The first-order valence-electron chi connectivity index (χ1n) is 3.06. The zero-order chi connectivity index (χ0) is 10.0. The molecule has 0 spiro atoms. The van der Waals surface area contributed by atoms with Crippen LogP contribution in [0.2, 0.25) is 0 Å². The van der Waals surface area contributed by atoms with Crippen molar-refractivity contribution in [2.24, 2.45) is 0 Å². The number of hydrogen-bond donors (Lipinski definition) is 1. The van der Waals surface area contributed by atoms with Crippen molar-refractivity contribution in [1.29, 1.82) is 0 Å². The van der Waals surface area contributed by atoms with Crippen LogP contribution >= 0.6 is 0 Å². The summed E-state index contributed by atoms with van der Waals surface area (Å²) in [6.45, 7) is 0. The van der Waals surface area contributed by atoms with Gasteiger partial charge < -0.3 is 5.73 Å². The Kier molecular flexibility index (Phi) is 2.05. The van der Waals surface area contributed by atoms with Crippen molar-refractivity contribution in [2.45, 2.75) is 0 Å². The molecule has 0 atom stereocenters. The summed E-state index contributed by atoms with van der Waals surface area (Å²) in [4.78, 5) is 22.2. The van der Waals surface area contributed by atoms with Crippen LogP contribution < -0.4 is 5.73 Å². The van der Waals surface area contributed by atoms with Gasteiger partial charge in [-0.2, -0.15) is 0 Å². The van der Waals surface area contributed by atoms with Gasteiger partial charge in [-0.3, -0.25) is 25.2 Å². The van der Waals surface area contributed by atoms with E-state index in [-0.39, 0.29) is 5.69 Å². The number of nitrogen functional groups attached to an aromatic ring is 1. The molecule has 8 nitrogen and oxygen atoms in total. The van der Waals surface area contributed by atoms with E-state index in [1.165, 1.54) is 0 Å². The molecule has 0 unspecified atom stereocenters. The van der Waals surface area contributed by atoms with Gasteiger partial charge in [-0.25, -0.2) is 0 Å². The molecule has 8 heteroatoms. The molecule has 1 aromatic rings. The molecule has 0 bridgehead atoms. The zero-order valence-corrected chi connectivity index (χ0v) is 6.21. The maximum atomic E-state index is 10.3. The predicted molar refractivity (Wildman–Crippen MR) is 42.0 cm³/mol. The van der Waals surface area contributed by atoms with Crippen LogP contribution in [0.5, 0.6) is 0 Å². The monoisotopic (exact) mass is 184 g/mol. The molecular formula is C5H4N4O4. The molecule has 0 fully saturated rings. The van der Waals surface area contributed by atoms with Crippen LogP contribution in [0.3, 0.4) is 0 Å². The number of aromatic nitrogens is 1. The first kappa shape index (κ1) is 8.84. The lowest BCUT2D eigenvalue weighted by molar-refractivity contribution is -0.422. The van der Waals surface area contributed by atoms with Gasteiger partial charge in [-0.05, 0) is 0 Å². The van der Waals surface area contributed by atoms with Crippen molar-refractivity contribution in [3.05, 3.63) is 32.6 Å². The summed E-state index contributed by atoms with van der Waals surface area (Å²) < 4.78 is 0. The molecule has 0 amide bonds. The fraction of sp³-hybridized carbons (Fsp3) is 0. The van der Waals surface area contributed by atoms with Crippen LogP contribution in [-0.2, 0) is 0 Å². The highest BCUT2D eigenvalue weighted by molar-refractivity contribution is 5.67. The SMILES string of the molecule is Nc1cncc([N+](=O)[O-])c1[N+](=O)[O-]. The number of nitro groups is 2. The molecule has 0 saturated carbocycles. The molecule has 0 saturated heterocycles. The molecule has 1 aromatic heterocycles. The maximum Gasteiger partial charge on any atom is 0.371 e. The predicted octanol–water partition coefficient (Wildman–Crippen LogP) is 0.480. The number of hydrogen-bond acceptors (Lipinski definition) is 6. The number of pyridine rings is 1. The first-order chi connectivity index (χ1) is 6.04. The van der Waals surface area contributed by atoms with Gasteiger partial charge >= 0.3 is 11.4 Å². The summed E-state index contributed by atoms with van der Waals surface area (Å²) in [5.41, 5.74) is 3.41. The van der Waals surface area contributed by atoms with E-state index in [1.54, 1.807) is 0 Å². The second kappa shape index (κ2) is 3.01. The fourth-order valence-corrected chi connectivity index (χ4v) is 0.791. The summed E-state index contributed by atoms with van der Waals surface area (Å²) in [7, 11) is 0. The smallest absolute Gasteiger partial charge is 0.371 e. The third kappa shape index (κ3) is 1.50. The maximum absolute atomic E-state index is 10.3. The lowest BCUT2D eigenvalue weighted by Gasteiger charge is -1.95. The number of anilines is 1. The normalized spacial score (nSPS) is 9.54. The molecule has 68 valence electrons. The van der Waals surface area contributed by atoms with Crippen LogP contribution in [-0.4, -0.2) is 14.8 Å². The van der Waals surface area contributed by atoms with Gasteiger partial charge in [0.15, 0.2) is 0 Å². The Hall–Kier alpha value is -2.25. The van der Waals surface area contributed by atoms with Gasteiger partial charge in [-0.1, -0.05) is 0 Å². The van der Waals surface area contributed by atoms with Gasteiger partial charge in [0.25, 0.3) is 0 Å². The van der Waals surface area contributed by atoms with Gasteiger partial charge in [0.1, 0.15) is 11.9 Å². The Morgan fingerprint density at radius 3 is 2.23 bits per heavy atom. The number of nitrogens with zero attached hydrogens (tertiary/aromatic N) is 3. The average molecular weight is 184 g/mol. The lowest BCUT2D eigenvalue weighted by Crippen LogP contribution is -2.01. The van der Waals surface area contributed by atoms with Gasteiger partial charge in [0.2, 0.25) is 0 Å². The van der Waals surface area contributed by atoms with Crippen LogP contribution in [0.4, 0.5) is 17.1 Å². The van der Waals surface area contributed by atoms with E-state index in [9.17, 15) is 20.2 Å². The van der Waals surface area contributed by atoms with E-state index in [2.05, 4.69) is 4.98 Å². The van der Waals surface area contributed by atoms with Crippen LogP contribution in [0, 0.1) is 20.2 Å². The molecule has 0 aliphatic heterocycles. The summed E-state index contributed by atoms with van der Waals surface area (Å²) in [6.07, 6.45) is 1.78. The van der Waals surface area contributed by atoms with Crippen LogP contribution in [0.15, 0.2) is 12.4 Å². The van der Waals surface area contributed by atoms with Crippen molar-refractivity contribution >= 4 is 17.1 Å². The highest BCUT2D eigenvalue weighted by Crippen LogP contribution is 2.30. The van der Waals surface area contributed by atoms with Crippen LogP contribution in [0.1, 0.15) is 0 Å². The second-order valence-electron chi connectivity index (χ2n) is 2.11. The minimum absolute atomic E-state index is 0.320. The molecule has 2 N–H and O–H groups in total. The minimum Gasteiger partial charge on any atom is -0.392 e. The van der Waals surface area contributed by atoms with Crippen LogP contribution in [0.25, 0.3) is 0 Å². The van der Waals surface area contributed by atoms with E-state index in [0.717, 1.165) is 12.4 Å². The lowest BCUT2D eigenvalue weighted by atomic mass is 10.3. The molecule has 1 rings (SSSR count). The Bertz CT molecular complexity index is 377. The van der Waals surface area contributed by atoms with Crippen molar-refractivity contribution in [3.63, 3.8) is 0 Å². The molecule has 0 aliphatic carbocycles. The third-order valence-corrected chi connectivity index (χ3v) is 1.31. The minimum atomic E-state index is -0.908. The quantitative estimate of drug-likeness (QED) is 0.526. The van der Waals surface area contributed by atoms with Gasteiger partial charge in [0, 0.05) is 0 Å². The zero-order valence-electron chi connectivity index (χ0n) is 6.21. The summed E-state index contributed by atoms with van der Waals surface area (Å²) in [5, 5.41) is 20.6. The van der Waals surface area contributed by atoms with E-state index < -0.39 is 21.2 Å². The highest BCUT2D eigenvalue weighted by Gasteiger charge is 2.27. The highest BCUT2D eigenvalue weighted by atomic mass is 16.6. The summed E-state index contributed by atoms with van der Waals surface area (Å²) >= 11 is 0. The second-order valence-corrected chi connectivity index (χ2v) is 2.11. The van der Waals surface area contributed by atoms with E-state index in [0.29, 0.717) is 0 Å². The number of nitrogens with two attached hydrogens (primary N) is 1. The van der Waals surface area contributed by atoms with Crippen molar-refractivity contribution in [3.8, 4) is 0 Å². The third-order valence-electron chi connectivity index (χ3n) is 1.31. The van der Waals surface area contributed by atoms with Crippen molar-refractivity contribution in [1.82, 2.24) is 4.98 Å². The molecule has 1 heterocycles. The fourth-order valence-electron chi connectivity index (χ4n) is 0.791. The Balaban J connectivity index is 3.43. The molecule has 0 aliphatic rings. The molecule has 0 radical (unpaired) electrons. The van der Waals surface area contributed by atoms with Crippen molar-refractivity contribution < 1.29 is 9.85 Å². The Labute approximate surface area is 71.3 Å². The summed E-state index contributed by atoms with van der Waals surface area (Å²) in [6, 6.07) is 0. The standard InChI is InChI=1S/C5H4N4O4/c6-3-1-7-2-4(8(10)11)5(3)9(12)13/h1-2H,6H2. The van der Waals surface area contributed by atoms with Gasteiger partial charge in [0.05, 0.1) is 16.0 Å². The topological polar surface area (TPSA) is 125 Å². The van der Waals surface area contributed by atoms with E-state index in [1.807, 2.05) is 0 Å². The number of rotatable bonds is 2.